The molecule has 1 saturated heterocycles. The van der Waals surface area contributed by atoms with Crippen LogP contribution in [0.25, 0.3) is 0 Å². The van der Waals surface area contributed by atoms with Gasteiger partial charge in [-0.15, -0.1) is 0 Å². The fourth-order valence-corrected chi connectivity index (χ4v) is 2.43. The second-order valence-electron chi connectivity index (χ2n) is 5.52. The molecule has 8 nitrogen and oxygen atoms in total. The number of carboxylic acid groups (broad SMARTS) is 1. The number of carboxylic acids is 1. The average molecular weight is 333 g/mol. The van der Waals surface area contributed by atoms with Gasteiger partial charge in [0.05, 0.1) is 0 Å². The maximum atomic E-state index is 12.2. The Labute approximate surface area is 138 Å². The molecular formula is C16H19N3O5. The summed E-state index contributed by atoms with van der Waals surface area (Å²) in [4.78, 5) is 46.2. The lowest BCUT2D eigenvalue weighted by Crippen LogP contribution is -2.53. The largest absolute Gasteiger partial charge is 0.480 e. The molecule has 24 heavy (non-hydrogen) atoms. The highest BCUT2D eigenvalue weighted by Gasteiger charge is 2.30. The number of carbonyl (C=O) groups is 4. The highest BCUT2D eigenvalue weighted by atomic mass is 16.4. The quantitative estimate of drug-likeness (QED) is 0.520. The Morgan fingerprint density at radius 3 is 2.54 bits per heavy atom. The summed E-state index contributed by atoms with van der Waals surface area (Å²) in [5.74, 6) is -2.41. The SMILES string of the molecule is O=C(O)CNC(=O)C(Cc1ccccc1)NC(=O)C1CCC(=O)N1. The van der Waals surface area contributed by atoms with Crippen molar-refractivity contribution >= 4 is 23.7 Å². The molecule has 1 aliphatic heterocycles. The van der Waals surface area contributed by atoms with E-state index in [1.807, 2.05) is 6.07 Å². The van der Waals surface area contributed by atoms with Gasteiger partial charge in [-0.05, 0) is 12.0 Å². The Bertz CT molecular complexity index is 632. The van der Waals surface area contributed by atoms with Crippen LogP contribution >= 0.6 is 0 Å². The minimum atomic E-state index is -1.17. The van der Waals surface area contributed by atoms with E-state index in [-0.39, 0.29) is 18.7 Å². The molecule has 2 atom stereocenters. The maximum absolute atomic E-state index is 12.2. The van der Waals surface area contributed by atoms with Crippen molar-refractivity contribution in [2.24, 2.45) is 0 Å². The third-order valence-corrected chi connectivity index (χ3v) is 3.64. The molecule has 1 aromatic rings. The molecule has 2 unspecified atom stereocenters. The highest BCUT2D eigenvalue weighted by Crippen LogP contribution is 2.08. The summed E-state index contributed by atoms with van der Waals surface area (Å²) in [5, 5.41) is 16.1. The Balaban J connectivity index is 2.03. The number of aliphatic carboxylic acids is 1. The molecule has 0 bridgehead atoms. The smallest absolute Gasteiger partial charge is 0.322 e. The zero-order valence-electron chi connectivity index (χ0n) is 13.0. The minimum absolute atomic E-state index is 0.204. The molecule has 128 valence electrons. The number of rotatable bonds is 7. The van der Waals surface area contributed by atoms with Crippen LogP contribution in [0.2, 0.25) is 0 Å². The molecule has 2 rings (SSSR count). The molecule has 0 aliphatic carbocycles. The first-order valence-corrected chi connectivity index (χ1v) is 7.59. The van der Waals surface area contributed by atoms with Gasteiger partial charge in [0.25, 0.3) is 0 Å². The van der Waals surface area contributed by atoms with E-state index in [9.17, 15) is 19.2 Å². The summed E-state index contributed by atoms with van der Waals surface area (Å²) in [6.07, 6.45) is 0.866. The summed E-state index contributed by atoms with van der Waals surface area (Å²) < 4.78 is 0. The van der Waals surface area contributed by atoms with Crippen molar-refractivity contribution in [3.63, 3.8) is 0 Å². The van der Waals surface area contributed by atoms with Gasteiger partial charge in [-0.1, -0.05) is 30.3 Å². The molecule has 4 N–H and O–H groups in total. The van der Waals surface area contributed by atoms with E-state index in [1.54, 1.807) is 24.3 Å². The molecule has 0 saturated carbocycles. The van der Waals surface area contributed by atoms with Crippen LogP contribution in [0.15, 0.2) is 30.3 Å². The van der Waals surface area contributed by atoms with Gasteiger partial charge in [0.2, 0.25) is 17.7 Å². The summed E-state index contributed by atoms with van der Waals surface area (Å²) in [6.45, 7) is -0.528. The third kappa shape index (κ3) is 5.08. The minimum Gasteiger partial charge on any atom is -0.480 e. The first-order valence-electron chi connectivity index (χ1n) is 7.59. The highest BCUT2D eigenvalue weighted by molar-refractivity contribution is 5.94. The first kappa shape index (κ1) is 17.5. The number of nitrogens with one attached hydrogen (secondary N) is 3. The lowest BCUT2D eigenvalue weighted by atomic mass is 10.0. The molecule has 0 spiro atoms. The molecule has 8 heteroatoms. The summed E-state index contributed by atoms with van der Waals surface area (Å²) >= 11 is 0. The fourth-order valence-electron chi connectivity index (χ4n) is 2.43. The van der Waals surface area contributed by atoms with E-state index >= 15 is 0 Å². The van der Waals surface area contributed by atoms with Gasteiger partial charge in [0, 0.05) is 12.8 Å². The number of amides is 3. The molecule has 1 aliphatic rings. The van der Waals surface area contributed by atoms with Crippen molar-refractivity contribution < 1.29 is 24.3 Å². The number of benzene rings is 1. The molecule has 1 aromatic carbocycles. The van der Waals surface area contributed by atoms with Crippen LogP contribution in [0.1, 0.15) is 18.4 Å². The van der Waals surface area contributed by atoms with Crippen LogP contribution in [-0.4, -0.2) is 47.4 Å². The van der Waals surface area contributed by atoms with Crippen LogP contribution in [0, 0.1) is 0 Å². The summed E-state index contributed by atoms with van der Waals surface area (Å²) in [7, 11) is 0. The molecule has 3 amide bonds. The van der Waals surface area contributed by atoms with Crippen LogP contribution in [0.5, 0.6) is 0 Å². The molecule has 1 fully saturated rings. The summed E-state index contributed by atoms with van der Waals surface area (Å²) in [5.41, 5.74) is 0.823. The van der Waals surface area contributed by atoms with Crippen molar-refractivity contribution in [3.05, 3.63) is 35.9 Å². The average Bonchev–Trinajstić information content (AvgIpc) is 2.99. The van der Waals surface area contributed by atoms with E-state index in [0.29, 0.717) is 6.42 Å². The number of hydrogen-bond donors (Lipinski definition) is 4. The summed E-state index contributed by atoms with van der Waals surface area (Å²) in [6, 6.07) is 7.47. The molecule has 1 heterocycles. The van der Waals surface area contributed by atoms with Crippen molar-refractivity contribution in [2.45, 2.75) is 31.3 Å². The lowest BCUT2D eigenvalue weighted by Gasteiger charge is -2.20. The molecule has 0 aromatic heterocycles. The van der Waals surface area contributed by atoms with Gasteiger partial charge >= 0.3 is 5.97 Å². The van der Waals surface area contributed by atoms with Gasteiger partial charge in [-0.2, -0.15) is 0 Å². The van der Waals surface area contributed by atoms with Crippen molar-refractivity contribution in [3.8, 4) is 0 Å². The maximum Gasteiger partial charge on any atom is 0.322 e. The second kappa shape index (κ2) is 8.09. The standard InChI is InChI=1S/C16H19N3O5/c20-13-7-6-11(18-13)16(24)19-12(15(23)17-9-14(21)22)8-10-4-2-1-3-5-10/h1-5,11-12H,6-9H2,(H,17,23)(H,18,20)(H,19,24)(H,21,22). The van der Waals surface area contributed by atoms with Gasteiger partial charge in [0.1, 0.15) is 18.6 Å². The van der Waals surface area contributed by atoms with E-state index in [0.717, 1.165) is 5.56 Å². The van der Waals surface area contributed by atoms with Gasteiger partial charge < -0.3 is 21.1 Å². The zero-order chi connectivity index (χ0) is 17.5. The number of hydrogen-bond acceptors (Lipinski definition) is 4. The van der Waals surface area contributed by atoms with Crippen molar-refractivity contribution in [2.75, 3.05) is 6.54 Å². The van der Waals surface area contributed by atoms with Gasteiger partial charge in [-0.3, -0.25) is 19.2 Å². The Hall–Kier alpha value is -2.90. The van der Waals surface area contributed by atoms with Crippen LogP contribution in [0.4, 0.5) is 0 Å². The van der Waals surface area contributed by atoms with Crippen LogP contribution < -0.4 is 16.0 Å². The second-order valence-corrected chi connectivity index (χ2v) is 5.52. The predicted molar refractivity (Wildman–Crippen MR) is 83.9 cm³/mol. The van der Waals surface area contributed by atoms with Crippen molar-refractivity contribution in [1.82, 2.24) is 16.0 Å². The lowest BCUT2D eigenvalue weighted by molar-refractivity contribution is -0.138. The van der Waals surface area contributed by atoms with Crippen LogP contribution in [0.3, 0.4) is 0 Å². The molecule has 0 radical (unpaired) electrons. The van der Waals surface area contributed by atoms with Crippen molar-refractivity contribution in [1.29, 1.82) is 0 Å². The van der Waals surface area contributed by atoms with E-state index in [4.69, 9.17) is 5.11 Å². The normalized spacial score (nSPS) is 17.7. The van der Waals surface area contributed by atoms with E-state index in [1.165, 1.54) is 0 Å². The first-order chi connectivity index (χ1) is 11.5. The Morgan fingerprint density at radius 2 is 1.96 bits per heavy atom. The zero-order valence-corrected chi connectivity index (χ0v) is 13.0. The predicted octanol–water partition coefficient (Wildman–Crippen LogP) is -0.807. The topological polar surface area (TPSA) is 125 Å². The van der Waals surface area contributed by atoms with E-state index < -0.39 is 36.4 Å². The van der Waals surface area contributed by atoms with E-state index in [2.05, 4.69) is 16.0 Å². The monoisotopic (exact) mass is 333 g/mol. The molecular weight excluding hydrogens is 314 g/mol. The van der Waals surface area contributed by atoms with Gasteiger partial charge in [0.15, 0.2) is 0 Å². The van der Waals surface area contributed by atoms with Gasteiger partial charge in [-0.25, -0.2) is 0 Å². The fraction of sp³-hybridized carbons (Fsp3) is 0.375. The number of carbonyl (C=O) groups excluding carboxylic acids is 3. The Morgan fingerprint density at radius 1 is 1.25 bits per heavy atom. The van der Waals surface area contributed by atoms with Crippen LogP contribution in [-0.2, 0) is 25.6 Å². The Kier molecular flexibility index (Phi) is 5.89. The third-order valence-electron chi connectivity index (χ3n) is 3.64.